The first kappa shape index (κ1) is 18.2. The molecule has 5 rings (SSSR count). The number of hydrogen-bond donors (Lipinski definition) is 1. The molecular weight excluding hydrogens is 372 g/mol. The Morgan fingerprint density at radius 1 is 1.07 bits per heavy atom. The van der Waals surface area contributed by atoms with E-state index in [1.165, 1.54) is 0 Å². The highest BCUT2D eigenvalue weighted by Gasteiger charge is 2.36. The molecule has 0 bridgehead atoms. The van der Waals surface area contributed by atoms with Gasteiger partial charge in [-0.25, -0.2) is 24.9 Å². The summed E-state index contributed by atoms with van der Waals surface area (Å²) in [6.07, 6.45) is 4.13. The molecule has 10 nitrogen and oxygen atoms in total. The van der Waals surface area contributed by atoms with Crippen LogP contribution in [0.2, 0.25) is 0 Å². The molecule has 0 spiro atoms. The molecule has 3 aromatic rings. The molecule has 152 valence electrons. The molecule has 0 radical (unpaired) electrons. The molecule has 1 saturated heterocycles. The van der Waals surface area contributed by atoms with Gasteiger partial charge in [0.15, 0.2) is 22.8 Å². The Morgan fingerprint density at radius 2 is 1.83 bits per heavy atom. The fourth-order valence-corrected chi connectivity index (χ4v) is 3.87. The molecule has 5 heterocycles. The number of morpholine rings is 1. The zero-order chi connectivity index (χ0) is 20.0. The lowest BCUT2D eigenvalue weighted by Gasteiger charge is -2.33. The number of fused-ring (bicyclic) bond motifs is 3. The van der Waals surface area contributed by atoms with E-state index in [1.54, 1.807) is 12.4 Å². The van der Waals surface area contributed by atoms with Crippen molar-refractivity contribution in [3.63, 3.8) is 0 Å². The third kappa shape index (κ3) is 2.99. The Morgan fingerprint density at radius 3 is 2.55 bits per heavy atom. The quantitative estimate of drug-likeness (QED) is 0.700. The van der Waals surface area contributed by atoms with Crippen molar-refractivity contribution in [2.24, 2.45) is 0 Å². The molecule has 3 aromatic heterocycles. The highest BCUT2D eigenvalue weighted by atomic mass is 16.5. The Kier molecular flexibility index (Phi) is 4.32. The number of ether oxygens (including phenoxy) is 2. The lowest BCUT2D eigenvalue weighted by atomic mass is 10.0. The van der Waals surface area contributed by atoms with Gasteiger partial charge in [-0.05, 0) is 13.3 Å². The van der Waals surface area contributed by atoms with Crippen LogP contribution in [0.5, 0.6) is 0 Å². The average molecular weight is 396 g/mol. The zero-order valence-corrected chi connectivity index (χ0v) is 16.6. The fourth-order valence-electron chi connectivity index (χ4n) is 3.87. The van der Waals surface area contributed by atoms with Crippen molar-refractivity contribution in [3.8, 4) is 11.4 Å². The molecule has 2 aliphatic heterocycles. The minimum Gasteiger partial charge on any atom is -0.378 e. The van der Waals surface area contributed by atoms with Crippen molar-refractivity contribution in [2.45, 2.75) is 32.4 Å². The van der Waals surface area contributed by atoms with Gasteiger partial charge in [0.2, 0.25) is 5.95 Å². The van der Waals surface area contributed by atoms with Crippen molar-refractivity contribution < 1.29 is 9.47 Å². The average Bonchev–Trinajstić information content (AvgIpc) is 3.15. The van der Waals surface area contributed by atoms with Gasteiger partial charge in [-0.2, -0.15) is 0 Å². The van der Waals surface area contributed by atoms with E-state index in [0.29, 0.717) is 32.2 Å². The van der Waals surface area contributed by atoms with Crippen LogP contribution in [0.25, 0.3) is 22.6 Å². The first-order valence-corrected chi connectivity index (χ1v) is 9.92. The molecule has 0 unspecified atom stereocenters. The summed E-state index contributed by atoms with van der Waals surface area (Å²) in [5.74, 6) is 2.49. The predicted octanol–water partition coefficient (Wildman–Crippen LogP) is 1.36. The number of aromatic nitrogens is 6. The number of hydrogen-bond acceptors (Lipinski definition) is 9. The van der Waals surface area contributed by atoms with Gasteiger partial charge >= 0.3 is 0 Å². The first-order valence-electron chi connectivity index (χ1n) is 9.92. The number of anilines is 2. The van der Waals surface area contributed by atoms with E-state index in [0.717, 1.165) is 47.9 Å². The Hall–Kier alpha value is -2.85. The third-order valence-electron chi connectivity index (χ3n) is 5.70. The molecule has 0 saturated carbocycles. The van der Waals surface area contributed by atoms with Gasteiger partial charge in [0.1, 0.15) is 11.4 Å². The fraction of sp³-hybridized carbons (Fsp3) is 0.526. The van der Waals surface area contributed by atoms with E-state index in [1.807, 2.05) is 0 Å². The second-order valence-corrected chi connectivity index (χ2v) is 7.49. The minimum absolute atomic E-state index is 0.223. The number of rotatable bonds is 3. The molecule has 0 aromatic carbocycles. The molecule has 10 heteroatoms. The largest absolute Gasteiger partial charge is 0.378 e. The van der Waals surface area contributed by atoms with Crippen molar-refractivity contribution in [1.82, 2.24) is 29.5 Å². The van der Waals surface area contributed by atoms with E-state index in [9.17, 15) is 0 Å². The number of nitrogens with zero attached hydrogens (tertiary/aromatic N) is 7. The highest BCUT2D eigenvalue weighted by molar-refractivity contribution is 5.86. The molecular formula is C19H24N8O2. The number of nitrogen functional groups attached to an aromatic ring is 1. The van der Waals surface area contributed by atoms with Crippen LogP contribution in [-0.4, -0.2) is 62.4 Å². The lowest BCUT2D eigenvalue weighted by Crippen LogP contribution is -2.37. The second-order valence-electron chi connectivity index (χ2n) is 7.49. The van der Waals surface area contributed by atoms with Crippen molar-refractivity contribution in [2.75, 3.05) is 43.5 Å². The zero-order valence-electron chi connectivity index (χ0n) is 16.6. The van der Waals surface area contributed by atoms with Crippen molar-refractivity contribution >= 4 is 22.9 Å². The van der Waals surface area contributed by atoms with Crippen LogP contribution >= 0.6 is 0 Å². The van der Waals surface area contributed by atoms with Crippen molar-refractivity contribution in [3.05, 3.63) is 18.2 Å². The van der Waals surface area contributed by atoms with E-state index in [-0.39, 0.29) is 5.95 Å². The summed E-state index contributed by atoms with van der Waals surface area (Å²) in [5.41, 5.74) is 7.54. The summed E-state index contributed by atoms with van der Waals surface area (Å²) in [4.78, 5) is 25.1. The predicted molar refractivity (Wildman–Crippen MR) is 107 cm³/mol. The monoisotopic (exact) mass is 396 g/mol. The molecule has 1 atom stereocenters. The van der Waals surface area contributed by atoms with Gasteiger partial charge in [0.05, 0.1) is 25.4 Å². The van der Waals surface area contributed by atoms with Gasteiger partial charge in [-0.3, -0.25) is 0 Å². The summed E-state index contributed by atoms with van der Waals surface area (Å²) >= 11 is 0. The van der Waals surface area contributed by atoms with E-state index in [2.05, 4.69) is 33.3 Å². The highest BCUT2D eigenvalue weighted by Crippen LogP contribution is 2.36. The van der Waals surface area contributed by atoms with E-state index in [4.69, 9.17) is 30.2 Å². The smallest absolute Gasteiger partial charge is 0.219 e. The van der Waals surface area contributed by atoms with Crippen LogP contribution in [-0.2, 0) is 21.6 Å². The summed E-state index contributed by atoms with van der Waals surface area (Å²) in [5, 5.41) is 0. The maximum atomic E-state index is 6.09. The Balaban J connectivity index is 1.74. The van der Waals surface area contributed by atoms with Crippen LogP contribution in [0.15, 0.2) is 12.4 Å². The summed E-state index contributed by atoms with van der Waals surface area (Å²) in [6.45, 7) is 8.37. The van der Waals surface area contributed by atoms with Gasteiger partial charge < -0.3 is 24.7 Å². The molecule has 1 fully saturated rings. The van der Waals surface area contributed by atoms with E-state index >= 15 is 0 Å². The van der Waals surface area contributed by atoms with Crippen LogP contribution < -0.4 is 10.6 Å². The Bertz CT molecular complexity index is 1040. The molecule has 0 aliphatic carbocycles. The minimum atomic E-state index is -0.439. The molecule has 2 aliphatic rings. The maximum Gasteiger partial charge on any atom is 0.219 e. The number of imidazole rings is 1. The Labute approximate surface area is 168 Å². The summed E-state index contributed by atoms with van der Waals surface area (Å²) in [6, 6.07) is 0. The first-order chi connectivity index (χ1) is 14.1. The molecule has 29 heavy (non-hydrogen) atoms. The molecule has 2 N–H and O–H groups in total. The SMILES string of the molecule is CC[C@@]1(C)OCCn2c1nc1c(N3CCOCC3)nc(-c3cnc(N)nc3)nc12. The van der Waals surface area contributed by atoms with Crippen LogP contribution in [0.3, 0.4) is 0 Å². The standard InChI is InChI=1S/C19H24N8O2/c1-3-19(2)17-23-13-15(26-4-7-28-8-5-26)24-14(12-10-21-18(20)22-11-12)25-16(13)27(17)6-9-29-19/h10-11H,3-9H2,1-2H3,(H2,20,21,22)/t19-/m1/s1. The van der Waals surface area contributed by atoms with Gasteiger partial charge in [0.25, 0.3) is 0 Å². The van der Waals surface area contributed by atoms with Crippen LogP contribution in [0.4, 0.5) is 11.8 Å². The number of nitrogens with two attached hydrogens (primary N) is 1. The summed E-state index contributed by atoms with van der Waals surface area (Å²) < 4.78 is 13.8. The van der Waals surface area contributed by atoms with Gasteiger partial charge in [-0.1, -0.05) is 6.92 Å². The summed E-state index contributed by atoms with van der Waals surface area (Å²) in [7, 11) is 0. The van der Waals surface area contributed by atoms with Crippen LogP contribution in [0.1, 0.15) is 26.1 Å². The van der Waals surface area contributed by atoms with Crippen LogP contribution in [0, 0.1) is 0 Å². The second kappa shape index (κ2) is 6.89. The van der Waals surface area contributed by atoms with E-state index < -0.39 is 5.60 Å². The lowest BCUT2D eigenvalue weighted by molar-refractivity contribution is -0.0694. The molecule has 0 amide bonds. The third-order valence-corrected chi connectivity index (χ3v) is 5.70. The maximum absolute atomic E-state index is 6.09. The van der Waals surface area contributed by atoms with Gasteiger partial charge in [-0.15, -0.1) is 0 Å². The van der Waals surface area contributed by atoms with Crippen molar-refractivity contribution in [1.29, 1.82) is 0 Å². The van der Waals surface area contributed by atoms with Gasteiger partial charge in [0, 0.05) is 32.0 Å². The topological polar surface area (TPSA) is 117 Å². The normalized spacial score (nSPS) is 22.1.